The molecule has 0 aliphatic carbocycles. The summed E-state index contributed by atoms with van der Waals surface area (Å²) in [5.41, 5.74) is 0. The molecular formula is C14H24N2O7. The lowest BCUT2D eigenvalue weighted by Crippen LogP contribution is -2.47. The number of aliphatic carboxylic acids is 2. The van der Waals surface area contributed by atoms with Crippen molar-refractivity contribution in [1.29, 1.82) is 0 Å². The van der Waals surface area contributed by atoms with Crippen LogP contribution in [0.25, 0.3) is 0 Å². The number of carbonyl (C=O) groups is 5. The molecule has 2 amide bonds. The van der Waals surface area contributed by atoms with E-state index in [-0.39, 0.29) is 24.5 Å². The van der Waals surface area contributed by atoms with Crippen LogP contribution in [0.2, 0.25) is 0 Å². The second kappa shape index (κ2) is 13.2. The summed E-state index contributed by atoms with van der Waals surface area (Å²) in [7, 11) is 0. The molecule has 0 saturated heterocycles. The van der Waals surface area contributed by atoms with Gasteiger partial charge in [0.25, 0.3) is 0 Å². The fourth-order valence-corrected chi connectivity index (χ4v) is 1.20. The lowest BCUT2D eigenvalue weighted by atomic mass is 10.0. The maximum Gasteiger partial charge on any atom is 0.326 e. The number of hydrogen-bond acceptors (Lipinski definition) is 5. The summed E-state index contributed by atoms with van der Waals surface area (Å²) in [5, 5.41) is 21.3. The summed E-state index contributed by atoms with van der Waals surface area (Å²) in [6, 6.07) is -2.12. The lowest BCUT2D eigenvalue weighted by molar-refractivity contribution is -0.139. The number of urea groups is 1. The number of carboxylic acids is 2. The van der Waals surface area contributed by atoms with Crippen LogP contribution in [0.1, 0.15) is 40.0 Å². The number of carbonyl (C=O) groups excluding carboxylic acids is 3. The molecule has 0 rings (SSSR count). The van der Waals surface area contributed by atoms with Crippen molar-refractivity contribution in [3.8, 4) is 0 Å². The van der Waals surface area contributed by atoms with E-state index in [0.29, 0.717) is 6.42 Å². The normalized spacial score (nSPS) is 10.8. The third kappa shape index (κ3) is 14.3. The first-order valence-corrected chi connectivity index (χ1v) is 7.10. The van der Waals surface area contributed by atoms with Crippen molar-refractivity contribution in [2.75, 3.05) is 6.54 Å². The van der Waals surface area contributed by atoms with E-state index in [1.54, 1.807) is 13.8 Å². The minimum atomic E-state index is -1.28. The number of ketones is 1. The molecule has 0 aromatic heterocycles. The Bertz CT molecular complexity index is 421. The fourth-order valence-electron chi connectivity index (χ4n) is 1.20. The van der Waals surface area contributed by atoms with Gasteiger partial charge in [-0.25, -0.2) is 9.59 Å². The van der Waals surface area contributed by atoms with Crippen LogP contribution in [0.4, 0.5) is 4.79 Å². The largest absolute Gasteiger partial charge is 0.480 e. The lowest BCUT2D eigenvalue weighted by Gasteiger charge is -2.14. The van der Waals surface area contributed by atoms with Crippen molar-refractivity contribution in [3.63, 3.8) is 0 Å². The molecule has 0 heterocycles. The molecule has 0 spiro atoms. The van der Waals surface area contributed by atoms with Gasteiger partial charge in [0.05, 0.1) is 0 Å². The van der Waals surface area contributed by atoms with E-state index in [9.17, 15) is 24.0 Å². The summed E-state index contributed by atoms with van der Waals surface area (Å²) in [6.45, 7) is 4.60. The third-order valence-electron chi connectivity index (χ3n) is 2.49. The molecule has 0 fully saturated rings. The Labute approximate surface area is 134 Å². The highest BCUT2D eigenvalue weighted by Crippen LogP contribution is 2.05. The Hall–Kier alpha value is -2.45. The van der Waals surface area contributed by atoms with Gasteiger partial charge in [0.15, 0.2) is 0 Å². The maximum absolute atomic E-state index is 11.4. The van der Waals surface area contributed by atoms with E-state index in [2.05, 4.69) is 5.32 Å². The topological polar surface area (TPSA) is 150 Å². The van der Waals surface area contributed by atoms with Gasteiger partial charge in [-0.3, -0.25) is 9.59 Å². The zero-order valence-electron chi connectivity index (χ0n) is 13.5. The van der Waals surface area contributed by atoms with Crippen LogP contribution >= 0.6 is 0 Å². The van der Waals surface area contributed by atoms with Gasteiger partial charge in [-0.05, 0) is 6.42 Å². The SMILES string of the molecule is CC(C)C(=O)CCC(NC(=O)NCC(=O)O)C(=O)O.CCC=O. The van der Waals surface area contributed by atoms with Crippen LogP contribution in [-0.4, -0.2) is 52.8 Å². The molecule has 0 saturated carbocycles. The van der Waals surface area contributed by atoms with Gasteiger partial charge in [-0.1, -0.05) is 20.8 Å². The van der Waals surface area contributed by atoms with E-state index in [0.717, 1.165) is 6.29 Å². The van der Waals surface area contributed by atoms with E-state index < -0.39 is 30.6 Å². The fraction of sp³-hybridized carbons (Fsp3) is 0.643. The predicted molar refractivity (Wildman–Crippen MR) is 81.0 cm³/mol. The predicted octanol–water partition coefficient (Wildman–Crippen LogP) is 0.424. The van der Waals surface area contributed by atoms with Gasteiger partial charge in [0.2, 0.25) is 0 Å². The molecule has 1 unspecified atom stereocenters. The summed E-state index contributed by atoms with van der Waals surface area (Å²) < 4.78 is 0. The molecular weight excluding hydrogens is 308 g/mol. The smallest absolute Gasteiger partial charge is 0.326 e. The maximum atomic E-state index is 11.4. The summed E-state index contributed by atoms with van der Waals surface area (Å²) >= 11 is 0. The van der Waals surface area contributed by atoms with Gasteiger partial charge in [-0.2, -0.15) is 0 Å². The van der Waals surface area contributed by atoms with E-state index in [4.69, 9.17) is 10.2 Å². The minimum absolute atomic E-state index is 0.0349. The number of amides is 2. The molecule has 0 aromatic rings. The van der Waals surface area contributed by atoms with Crippen LogP contribution in [0, 0.1) is 5.92 Å². The van der Waals surface area contributed by atoms with Gasteiger partial charge in [0.1, 0.15) is 24.7 Å². The molecule has 4 N–H and O–H groups in total. The van der Waals surface area contributed by atoms with Crippen LogP contribution in [0.3, 0.4) is 0 Å². The van der Waals surface area contributed by atoms with E-state index in [1.807, 2.05) is 12.2 Å². The van der Waals surface area contributed by atoms with Crippen molar-refractivity contribution < 1.29 is 34.2 Å². The third-order valence-corrected chi connectivity index (χ3v) is 2.49. The monoisotopic (exact) mass is 332 g/mol. The highest BCUT2D eigenvalue weighted by Gasteiger charge is 2.21. The second-order valence-electron chi connectivity index (χ2n) is 4.85. The van der Waals surface area contributed by atoms with Crippen LogP contribution < -0.4 is 10.6 Å². The first-order chi connectivity index (χ1) is 10.6. The first-order valence-electron chi connectivity index (χ1n) is 7.10. The first kappa shape index (κ1) is 22.8. The minimum Gasteiger partial charge on any atom is -0.480 e. The number of Topliss-reactive ketones (excluding diaryl/α,β-unsaturated/α-hetero) is 1. The number of rotatable bonds is 9. The van der Waals surface area contributed by atoms with Crippen LogP contribution in [-0.2, 0) is 19.2 Å². The number of nitrogens with one attached hydrogen (secondary N) is 2. The van der Waals surface area contributed by atoms with Crippen LogP contribution in [0.5, 0.6) is 0 Å². The molecule has 9 nitrogen and oxygen atoms in total. The Morgan fingerprint density at radius 2 is 1.65 bits per heavy atom. The standard InChI is InChI=1S/C11H18N2O6.C3H6O/c1-6(2)8(14)4-3-7(10(17)18)13-11(19)12-5-9(15)16;1-2-3-4/h6-7H,3-5H2,1-2H3,(H,15,16)(H,17,18)(H2,12,13,19);3H,2H2,1H3. The Kier molecular flexibility index (Phi) is 13.1. The van der Waals surface area contributed by atoms with Gasteiger partial charge in [0, 0.05) is 18.8 Å². The summed E-state index contributed by atoms with van der Waals surface area (Å²) in [4.78, 5) is 52.8. The van der Waals surface area contributed by atoms with Crippen LogP contribution in [0.15, 0.2) is 0 Å². The van der Waals surface area contributed by atoms with E-state index >= 15 is 0 Å². The Balaban J connectivity index is 0. The van der Waals surface area contributed by atoms with Gasteiger partial charge < -0.3 is 25.6 Å². The number of aldehydes is 1. The quantitative estimate of drug-likeness (QED) is 0.447. The molecule has 0 aliphatic heterocycles. The second-order valence-corrected chi connectivity index (χ2v) is 4.85. The van der Waals surface area contributed by atoms with Crippen molar-refractivity contribution in [2.24, 2.45) is 5.92 Å². The van der Waals surface area contributed by atoms with Gasteiger partial charge in [-0.15, -0.1) is 0 Å². The average Bonchev–Trinajstić information content (AvgIpc) is 2.48. The summed E-state index contributed by atoms with van der Waals surface area (Å²) in [6.07, 6.45) is 1.51. The molecule has 0 bridgehead atoms. The Morgan fingerprint density at radius 1 is 1.13 bits per heavy atom. The number of carboxylic acid groups (broad SMARTS) is 2. The average molecular weight is 332 g/mol. The molecule has 23 heavy (non-hydrogen) atoms. The highest BCUT2D eigenvalue weighted by molar-refractivity contribution is 5.85. The van der Waals surface area contributed by atoms with Crippen molar-refractivity contribution in [3.05, 3.63) is 0 Å². The molecule has 132 valence electrons. The molecule has 0 radical (unpaired) electrons. The summed E-state index contributed by atoms with van der Waals surface area (Å²) in [5.74, 6) is -2.81. The molecule has 0 aliphatic rings. The van der Waals surface area contributed by atoms with Crippen molar-refractivity contribution in [1.82, 2.24) is 10.6 Å². The Morgan fingerprint density at radius 3 is 2.00 bits per heavy atom. The van der Waals surface area contributed by atoms with Gasteiger partial charge >= 0.3 is 18.0 Å². The molecule has 9 heteroatoms. The van der Waals surface area contributed by atoms with E-state index in [1.165, 1.54) is 0 Å². The zero-order valence-corrected chi connectivity index (χ0v) is 13.5. The highest BCUT2D eigenvalue weighted by atomic mass is 16.4. The van der Waals surface area contributed by atoms with Crippen molar-refractivity contribution >= 4 is 30.0 Å². The van der Waals surface area contributed by atoms with Crippen molar-refractivity contribution in [2.45, 2.75) is 46.1 Å². The molecule has 1 atom stereocenters. The number of hydrogen-bond donors (Lipinski definition) is 4. The zero-order chi connectivity index (χ0) is 18.4. The molecule has 0 aromatic carbocycles.